The van der Waals surface area contributed by atoms with Crippen molar-refractivity contribution in [3.05, 3.63) is 29.8 Å². The van der Waals surface area contributed by atoms with E-state index in [0.717, 1.165) is 43.3 Å². The first-order valence-corrected chi connectivity index (χ1v) is 8.92. The monoisotopic (exact) mass is 334 g/mol. The third-order valence-electron chi connectivity index (χ3n) is 4.01. The lowest BCUT2D eigenvalue weighted by Crippen LogP contribution is -2.38. The van der Waals surface area contributed by atoms with Gasteiger partial charge in [0.25, 0.3) is 0 Å². The quantitative estimate of drug-likeness (QED) is 0.392. The van der Waals surface area contributed by atoms with Crippen LogP contribution in [-0.2, 0) is 6.54 Å². The zero-order valence-electron chi connectivity index (χ0n) is 15.9. The molecule has 0 aliphatic carbocycles. The number of guanidine groups is 1. The van der Waals surface area contributed by atoms with Crippen LogP contribution in [0, 0.1) is 0 Å². The normalized spacial score (nSPS) is 11.9. The highest BCUT2D eigenvalue weighted by Crippen LogP contribution is 2.13. The van der Waals surface area contributed by atoms with Crippen molar-refractivity contribution < 1.29 is 4.74 Å². The molecule has 5 nitrogen and oxygen atoms in total. The summed E-state index contributed by atoms with van der Waals surface area (Å²) in [7, 11) is 3.86. The van der Waals surface area contributed by atoms with Crippen LogP contribution < -0.4 is 15.4 Å². The van der Waals surface area contributed by atoms with E-state index < -0.39 is 0 Å². The number of nitrogens with zero attached hydrogens (tertiary/aromatic N) is 2. The Morgan fingerprint density at radius 2 is 2.04 bits per heavy atom. The molecule has 0 heterocycles. The first-order chi connectivity index (χ1) is 11.6. The molecular formula is C19H34N4O. The van der Waals surface area contributed by atoms with Crippen LogP contribution in [0.3, 0.4) is 0 Å². The van der Waals surface area contributed by atoms with Gasteiger partial charge in [0.1, 0.15) is 5.75 Å². The van der Waals surface area contributed by atoms with Crippen molar-refractivity contribution in [3.8, 4) is 5.75 Å². The fourth-order valence-electron chi connectivity index (χ4n) is 2.23. The van der Waals surface area contributed by atoms with Crippen LogP contribution in [0.25, 0.3) is 0 Å². The molecule has 1 aromatic carbocycles. The first-order valence-electron chi connectivity index (χ1n) is 8.92. The molecule has 1 rings (SSSR count). The predicted molar refractivity (Wildman–Crippen MR) is 103 cm³/mol. The van der Waals surface area contributed by atoms with Gasteiger partial charge in [-0.3, -0.25) is 0 Å². The largest absolute Gasteiger partial charge is 0.497 e. The molecule has 0 aliphatic heterocycles. The SMILES string of the molecule is CCNC(=NCc1cccc(OC)c1)NCCCCN(C)C(C)C. The smallest absolute Gasteiger partial charge is 0.191 e. The van der Waals surface area contributed by atoms with Gasteiger partial charge in [-0.25, -0.2) is 4.99 Å². The highest BCUT2D eigenvalue weighted by atomic mass is 16.5. The number of benzene rings is 1. The molecule has 1 aromatic rings. The van der Waals surface area contributed by atoms with Crippen molar-refractivity contribution in [3.63, 3.8) is 0 Å². The summed E-state index contributed by atoms with van der Waals surface area (Å²) >= 11 is 0. The van der Waals surface area contributed by atoms with Gasteiger partial charge in [0.15, 0.2) is 5.96 Å². The van der Waals surface area contributed by atoms with E-state index in [0.29, 0.717) is 12.6 Å². The minimum absolute atomic E-state index is 0.611. The van der Waals surface area contributed by atoms with Crippen molar-refractivity contribution in [1.29, 1.82) is 0 Å². The van der Waals surface area contributed by atoms with E-state index in [4.69, 9.17) is 4.74 Å². The molecule has 0 bridgehead atoms. The van der Waals surface area contributed by atoms with Gasteiger partial charge in [-0.15, -0.1) is 0 Å². The molecule has 2 N–H and O–H groups in total. The van der Waals surface area contributed by atoms with Gasteiger partial charge in [0.05, 0.1) is 13.7 Å². The van der Waals surface area contributed by atoms with Crippen molar-refractivity contribution in [2.24, 2.45) is 4.99 Å². The second kappa shape index (κ2) is 11.7. The lowest BCUT2D eigenvalue weighted by Gasteiger charge is -2.20. The summed E-state index contributed by atoms with van der Waals surface area (Å²) in [6.07, 6.45) is 2.33. The number of aliphatic imine (C=N–C) groups is 1. The van der Waals surface area contributed by atoms with E-state index in [1.165, 1.54) is 6.42 Å². The van der Waals surface area contributed by atoms with Gasteiger partial charge >= 0.3 is 0 Å². The number of ether oxygens (including phenoxy) is 1. The van der Waals surface area contributed by atoms with E-state index in [1.807, 2.05) is 18.2 Å². The van der Waals surface area contributed by atoms with Gasteiger partial charge in [-0.1, -0.05) is 12.1 Å². The van der Waals surface area contributed by atoms with Crippen LogP contribution in [-0.4, -0.2) is 50.7 Å². The highest BCUT2D eigenvalue weighted by molar-refractivity contribution is 5.79. The number of rotatable bonds is 10. The number of hydrogen-bond donors (Lipinski definition) is 2. The molecule has 5 heteroatoms. The molecule has 0 spiro atoms. The Balaban J connectivity index is 2.39. The topological polar surface area (TPSA) is 48.9 Å². The van der Waals surface area contributed by atoms with Crippen molar-refractivity contribution in [2.75, 3.05) is 33.8 Å². The minimum Gasteiger partial charge on any atom is -0.497 e. The number of hydrogen-bond acceptors (Lipinski definition) is 3. The Labute approximate surface area is 147 Å². The maximum Gasteiger partial charge on any atom is 0.191 e. The molecule has 0 unspecified atom stereocenters. The average Bonchev–Trinajstić information content (AvgIpc) is 2.59. The van der Waals surface area contributed by atoms with Crippen LogP contribution in [0.1, 0.15) is 39.2 Å². The number of methoxy groups -OCH3 is 1. The van der Waals surface area contributed by atoms with Crippen molar-refractivity contribution in [1.82, 2.24) is 15.5 Å². The Bertz CT molecular complexity index is 488. The molecule has 0 saturated heterocycles. The third kappa shape index (κ3) is 8.20. The van der Waals surface area contributed by atoms with E-state index in [9.17, 15) is 0 Å². The molecule has 0 amide bonds. The lowest BCUT2D eigenvalue weighted by molar-refractivity contribution is 0.268. The molecule has 0 aromatic heterocycles. The third-order valence-corrected chi connectivity index (χ3v) is 4.01. The minimum atomic E-state index is 0.611. The molecule has 0 radical (unpaired) electrons. The summed E-state index contributed by atoms with van der Waals surface area (Å²) in [5.74, 6) is 1.74. The standard InChI is InChI=1S/C19H34N4O/c1-6-20-19(21-12-7-8-13-23(4)16(2)3)22-15-17-10-9-11-18(14-17)24-5/h9-11,14,16H,6-8,12-13,15H2,1-5H3,(H2,20,21,22). The van der Waals surface area contributed by atoms with Crippen LogP contribution >= 0.6 is 0 Å². The van der Waals surface area contributed by atoms with Crippen LogP contribution in [0.15, 0.2) is 29.3 Å². The summed E-state index contributed by atoms with van der Waals surface area (Å²) in [6, 6.07) is 8.64. The maximum absolute atomic E-state index is 5.25. The summed E-state index contributed by atoms with van der Waals surface area (Å²) < 4.78 is 5.25. The van der Waals surface area contributed by atoms with E-state index in [2.05, 4.69) is 54.4 Å². The summed E-state index contributed by atoms with van der Waals surface area (Å²) in [4.78, 5) is 7.03. The first kappa shape index (κ1) is 20.3. The molecular weight excluding hydrogens is 300 g/mol. The molecule has 136 valence electrons. The van der Waals surface area contributed by atoms with Crippen LogP contribution in [0.2, 0.25) is 0 Å². The zero-order chi connectivity index (χ0) is 17.8. The Hall–Kier alpha value is -1.75. The van der Waals surface area contributed by atoms with E-state index in [1.54, 1.807) is 7.11 Å². The van der Waals surface area contributed by atoms with Gasteiger partial charge < -0.3 is 20.3 Å². The van der Waals surface area contributed by atoms with Crippen LogP contribution in [0.5, 0.6) is 5.75 Å². The van der Waals surface area contributed by atoms with Crippen molar-refractivity contribution >= 4 is 5.96 Å². The molecule has 0 fully saturated rings. The number of nitrogens with one attached hydrogen (secondary N) is 2. The highest BCUT2D eigenvalue weighted by Gasteiger charge is 2.02. The Morgan fingerprint density at radius 3 is 2.71 bits per heavy atom. The average molecular weight is 335 g/mol. The maximum atomic E-state index is 5.25. The van der Waals surface area contributed by atoms with E-state index >= 15 is 0 Å². The molecule has 24 heavy (non-hydrogen) atoms. The van der Waals surface area contributed by atoms with Crippen LogP contribution in [0.4, 0.5) is 0 Å². The predicted octanol–water partition coefficient (Wildman–Crippen LogP) is 2.87. The summed E-state index contributed by atoms with van der Waals surface area (Å²) in [5.41, 5.74) is 1.14. The van der Waals surface area contributed by atoms with Gasteiger partial charge in [0.2, 0.25) is 0 Å². The zero-order valence-corrected chi connectivity index (χ0v) is 15.9. The van der Waals surface area contributed by atoms with Gasteiger partial charge in [-0.2, -0.15) is 0 Å². The number of unbranched alkanes of at least 4 members (excludes halogenated alkanes) is 1. The fraction of sp³-hybridized carbons (Fsp3) is 0.632. The van der Waals surface area contributed by atoms with Crippen molar-refractivity contribution in [2.45, 2.75) is 46.2 Å². The lowest BCUT2D eigenvalue weighted by atomic mass is 10.2. The van der Waals surface area contributed by atoms with Gasteiger partial charge in [0, 0.05) is 19.1 Å². The summed E-state index contributed by atoms with van der Waals surface area (Å²) in [5, 5.41) is 6.71. The van der Waals surface area contributed by atoms with E-state index in [-0.39, 0.29) is 0 Å². The Kier molecular flexibility index (Phi) is 9.92. The fourth-order valence-corrected chi connectivity index (χ4v) is 2.23. The summed E-state index contributed by atoms with van der Waals surface area (Å²) in [6.45, 7) is 10.1. The molecule has 0 saturated carbocycles. The van der Waals surface area contributed by atoms with Gasteiger partial charge in [-0.05, 0) is 64.9 Å². The molecule has 0 aliphatic rings. The Morgan fingerprint density at radius 1 is 1.25 bits per heavy atom. The molecule has 0 atom stereocenters. The second-order valence-electron chi connectivity index (χ2n) is 6.25. The second-order valence-corrected chi connectivity index (χ2v) is 6.25.